The molecule has 0 aliphatic heterocycles. The number of benzene rings is 4. The molecule has 0 amide bonds. The lowest BCUT2D eigenvalue weighted by atomic mass is 10.1. The van der Waals surface area contributed by atoms with Gasteiger partial charge in [-0.2, -0.15) is 0 Å². The van der Waals surface area contributed by atoms with Gasteiger partial charge < -0.3 is 23.3 Å². The van der Waals surface area contributed by atoms with Crippen LogP contribution in [0.4, 0.5) is 0 Å². The maximum absolute atomic E-state index is 5.94. The van der Waals surface area contributed by atoms with Crippen LogP contribution < -0.4 is 9.47 Å². The lowest BCUT2D eigenvalue weighted by Gasteiger charge is -2.08. The van der Waals surface area contributed by atoms with Crippen molar-refractivity contribution in [2.24, 2.45) is 0 Å². The van der Waals surface area contributed by atoms with Crippen molar-refractivity contribution in [3.05, 3.63) is 143 Å². The van der Waals surface area contributed by atoms with E-state index < -0.39 is 0 Å². The molecule has 2 aromatic heterocycles. The minimum Gasteiger partial charge on any atom is -0.489 e. The summed E-state index contributed by atoms with van der Waals surface area (Å²) in [6.45, 7) is 5.74. The molecule has 2 heterocycles. The van der Waals surface area contributed by atoms with Gasteiger partial charge in [0.1, 0.15) is 49.3 Å². The number of aromatic nitrogens is 2. The Labute approximate surface area is 250 Å². The van der Waals surface area contributed by atoms with Gasteiger partial charge in [0.15, 0.2) is 11.5 Å². The summed E-state index contributed by atoms with van der Waals surface area (Å²) < 4.78 is 28.7. The maximum Gasteiger partial charge on any atom is 0.163 e. The fourth-order valence-corrected chi connectivity index (χ4v) is 4.60. The molecule has 6 rings (SSSR count). The molecule has 0 spiro atoms. The first-order valence-electron chi connectivity index (χ1n) is 14.1. The van der Waals surface area contributed by atoms with E-state index in [0.29, 0.717) is 24.7 Å². The van der Waals surface area contributed by atoms with Crippen LogP contribution >= 0.6 is 0 Å². The normalized spacial score (nSPS) is 11.0. The van der Waals surface area contributed by atoms with E-state index in [0.717, 1.165) is 34.0 Å². The van der Waals surface area contributed by atoms with Crippen LogP contribution in [0.15, 0.2) is 118 Å². The van der Waals surface area contributed by atoms with Gasteiger partial charge in [-0.15, -0.1) is 0 Å². The fourth-order valence-electron chi connectivity index (χ4n) is 4.60. The predicted octanol–water partition coefficient (Wildman–Crippen LogP) is 8.49. The maximum atomic E-state index is 5.94. The van der Waals surface area contributed by atoms with Gasteiger partial charge in [-0.1, -0.05) is 58.8 Å². The van der Waals surface area contributed by atoms with Gasteiger partial charge in [-0.05, 0) is 84.6 Å². The highest BCUT2D eigenvalue weighted by molar-refractivity contribution is 5.60. The van der Waals surface area contributed by atoms with Crippen LogP contribution in [0.25, 0.3) is 22.5 Å². The quantitative estimate of drug-likeness (QED) is 0.145. The van der Waals surface area contributed by atoms with Crippen LogP contribution in [0.2, 0.25) is 0 Å². The molecular weight excluding hydrogens is 540 g/mol. The minimum absolute atomic E-state index is 0.258. The van der Waals surface area contributed by atoms with E-state index in [-0.39, 0.29) is 13.2 Å². The van der Waals surface area contributed by atoms with Crippen LogP contribution in [-0.4, -0.2) is 10.3 Å². The smallest absolute Gasteiger partial charge is 0.163 e. The van der Waals surface area contributed by atoms with E-state index >= 15 is 0 Å². The number of nitrogens with zero attached hydrogens (tertiary/aromatic N) is 2. The summed E-state index contributed by atoms with van der Waals surface area (Å²) in [7, 11) is 0. The van der Waals surface area contributed by atoms with Crippen LogP contribution in [-0.2, 0) is 31.2 Å². The average molecular weight is 573 g/mol. The van der Waals surface area contributed by atoms with E-state index in [9.17, 15) is 0 Å². The first kappa shape index (κ1) is 28.0. The van der Waals surface area contributed by atoms with Gasteiger partial charge in [0.05, 0.1) is 0 Å². The molecule has 0 aliphatic carbocycles. The zero-order chi connectivity index (χ0) is 29.4. The van der Waals surface area contributed by atoms with Crippen molar-refractivity contribution in [1.29, 1.82) is 0 Å². The van der Waals surface area contributed by atoms with Crippen molar-refractivity contribution in [3.8, 4) is 34.0 Å². The van der Waals surface area contributed by atoms with Crippen molar-refractivity contribution in [2.75, 3.05) is 0 Å². The summed E-state index contributed by atoms with van der Waals surface area (Å²) in [6, 6.07) is 35.8. The van der Waals surface area contributed by atoms with Gasteiger partial charge >= 0.3 is 0 Å². The van der Waals surface area contributed by atoms with Crippen molar-refractivity contribution in [2.45, 2.75) is 40.3 Å². The molecule has 0 N–H and O–H groups in total. The van der Waals surface area contributed by atoms with Gasteiger partial charge in [0.2, 0.25) is 0 Å². The fraction of sp³-hybridized carbons (Fsp3) is 0.167. The SMILES string of the molecule is Cc1ccccc1COc1ccc(-c2cc(COCc3cc(-c4ccc(OCc5ccccc5C)cc4)no3)on2)cc1. The van der Waals surface area contributed by atoms with Crippen molar-refractivity contribution in [1.82, 2.24) is 10.3 Å². The Bertz CT molecular complexity index is 1640. The molecule has 0 unspecified atom stereocenters. The highest BCUT2D eigenvalue weighted by Crippen LogP contribution is 2.25. The minimum atomic E-state index is 0.258. The molecule has 0 saturated carbocycles. The molecule has 0 atom stereocenters. The van der Waals surface area contributed by atoms with Gasteiger partial charge in [0.25, 0.3) is 0 Å². The van der Waals surface area contributed by atoms with Gasteiger partial charge in [0, 0.05) is 23.3 Å². The third-order valence-corrected chi connectivity index (χ3v) is 7.22. The molecule has 0 radical (unpaired) electrons. The molecule has 7 nitrogen and oxygen atoms in total. The van der Waals surface area contributed by atoms with Crippen LogP contribution in [0.1, 0.15) is 33.8 Å². The van der Waals surface area contributed by atoms with Crippen LogP contribution in [0.5, 0.6) is 11.5 Å². The number of hydrogen-bond acceptors (Lipinski definition) is 7. The number of ether oxygens (including phenoxy) is 3. The Morgan fingerprint density at radius 1 is 0.512 bits per heavy atom. The number of hydrogen-bond donors (Lipinski definition) is 0. The summed E-state index contributed by atoms with van der Waals surface area (Å²) >= 11 is 0. The molecule has 0 fully saturated rings. The monoisotopic (exact) mass is 572 g/mol. The zero-order valence-corrected chi connectivity index (χ0v) is 24.2. The summed E-state index contributed by atoms with van der Waals surface area (Å²) in [4.78, 5) is 0. The Kier molecular flexibility index (Phi) is 8.61. The Morgan fingerprint density at radius 2 is 0.930 bits per heavy atom. The molecular formula is C36H32N2O5. The topological polar surface area (TPSA) is 79.8 Å². The average Bonchev–Trinajstić information content (AvgIpc) is 3.71. The molecule has 0 bridgehead atoms. The third kappa shape index (κ3) is 7.20. The Hall–Kier alpha value is -5.14. The predicted molar refractivity (Wildman–Crippen MR) is 163 cm³/mol. The molecule has 43 heavy (non-hydrogen) atoms. The molecule has 0 saturated heterocycles. The summed E-state index contributed by atoms with van der Waals surface area (Å²) in [6.07, 6.45) is 0. The largest absolute Gasteiger partial charge is 0.489 e. The lowest BCUT2D eigenvalue weighted by molar-refractivity contribution is 0.0727. The highest BCUT2D eigenvalue weighted by atomic mass is 16.5. The number of aryl methyl sites for hydroxylation is 2. The van der Waals surface area contributed by atoms with E-state index in [4.69, 9.17) is 23.3 Å². The summed E-state index contributed by atoms with van der Waals surface area (Å²) in [5, 5.41) is 8.38. The van der Waals surface area contributed by atoms with Crippen LogP contribution in [0, 0.1) is 13.8 Å². The second kappa shape index (κ2) is 13.2. The van der Waals surface area contributed by atoms with Crippen molar-refractivity contribution >= 4 is 0 Å². The molecule has 4 aromatic carbocycles. The van der Waals surface area contributed by atoms with Crippen molar-refractivity contribution in [3.63, 3.8) is 0 Å². The Morgan fingerprint density at radius 3 is 1.35 bits per heavy atom. The van der Waals surface area contributed by atoms with E-state index in [1.165, 1.54) is 22.3 Å². The van der Waals surface area contributed by atoms with Crippen molar-refractivity contribution < 1.29 is 23.3 Å². The molecule has 0 aliphatic rings. The van der Waals surface area contributed by atoms with Gasteiger partial charge in [-0.25, -0.2) is 0 Å². The second-order valence-electron chi connectivity index (χ2n) is 10.3. The molecule has 7 heteroatoms. The first-order chi connectivity index (χ1) is 21.1. The van der Waals surface area contributed by atoms with E-state index in [1.54, 1.807) is 0 Å². The number of rotatable bonds is 12. The van der Waals surface area contributed by atoms with Crippen LogP contribution in [0.3, 0.4) is 0 Å². The molecule has 6 aromatic rings. The summed E-state index contributed by atoms with van der Waals surface area (Å²) in [5.74, 6) is 2.84. The molecule has 216 valence electrons. The van der Waals surface area contributed by atoms with E-state index in [2.05, 4.69) is 48.4 Å². The highest BCUT2D eigenvalue weighted by Gasteiger charge is 2.11. The van der Waals surface area contributed by atoms with E-state index in [1.807, 2.05) is 84.9 Å². The third-order valence-electron chi connectivity index (χ3n) is 7.22. The lowest BCUT2D eigenvalue weighted by Crippen LogP contribution is -1.97. The van der Waals surface area contributed by atoms with Gasteiger partial charge in [-0.3, -0.25) is 0 Å². The zero-order valence-electron chi connectivity index (χ0n) is 24.2. The Balaban J connectivity index is 0.968. The second-order valence-corrected chi connectivity index (χ2v) is 10.3. The standard InChI is InChI=1S/C36H32N2O5/c1-25-7-3-5-9-29(25)21-40-31-15-11-27(12-16-31)35-19-33(42-37-35)23-39-24-34-20-36(38-43-34)28-13-17-32(18-14-28)41-22-30-10-6-4-8-26(30)2/h3-20H,21-24H2,1-2H3. The first-order valence-corrected chi connectivity index (χ1v) is 14.1. The summed E-state index contributed by atoms with van der Waals surface area (Å²) in [5.41, 5.74) is 8.10.